The molecule has 0 saturated carbocycles. The highest BCUT2D eigenvalue weighted by Gasteiger charge is 2.07. The van der Waals surface area contributed by atoms with Crippen molar-refractivity contribution in [3.8, 4) is 0 Å². The molecule has 0 bridgehead atoms. The summed E-state index contributed by atoms with van der Waals surface area (Å²) in [4.78, 5) is 6.44. The maximum atomic E-state index is 5.99. The van der Waals surface area contributed by atoms with E-state index in [2.05, 4.69) is 37.9 Å². The van der Waals surface area contributed by atoms with Gasteiger partial charge in [-0.1, -0.05) is 28.1 Å². The number of rotatable bonds is 3. The summed E-state index contributed by atoms with van der Waals surface area (Å²) in [7, 11) is 1.99. The van der Waals surface area contributed by atoms with Gasteiger partial charge in [-0.15, -0.1) is 0 Å². The molecule has 4 heteroatoms. The molecule has 0 atom stereocenters. The first-order valence-electron chi connectivity index (χ1n) is 5.74. The normalized spacial score (nSPS) is 10.4. The van der Waals surface area contributed by atoms with Crippen molar-refractivity contribution in [3.63, 3.8) is 0 Å². The molecule has 0 saturated heterocycles. The minimum absolute atomic E-state index is 0.715. The average molecular weight is 306 g/mol. The van der Waals surface area contributed by atoms with E-state index >= 15 is 0 Å². The van der Waals surface area contributed by atoms with Crippen molar-refractivity contribution in [2.75, 3.05) is 17.7 Å². The second kappa shape index (κ2) is 5.40. The SMILES string of the molecule is Cc1cnc(N(C)Cc2cccc(Br)c2)c(N)c1. The van der Waals surface area contributed by atoms with Gasteiger partial charge in [-0.2, -0.15) is 0 Å². The predicted octanol–water partition coefficient (Wildman–Crippen LogP) is 3.37. The zero-order valence-electron chi connectivity index (χ0n) is 10.5. The van der Waals surface area contributed by atoms with E-state index in [0.29, 0.717) is 5.69 Å². The summed E-state index contributed by atoms with van der Waals surface area (Å²) in [5.41, 5.74) is 9.00. The molecule has 0 aliphatic carbocycles. The number of benzene rings is 1. The van der Waals surface area contributed by atoms with E-state index in [9.17, 15) is 0 Å². The van der Waals surface area contributed by atoms with Crippen LogP contribution >= 0.6 is 15.9 Å². The number of anilines is 2. The number of pyridine rings is 1. The van der Waals surface area contributed by atoms with Gasteiger partial charge >= 0.3 is 0 Å². The molecule has 3 nitrogen and oxygen atoms in total. The van der Waals surface area contributed by atoms with Gasteiger partial charge < -0.3 is 10.6 Å². The van der Waals surface area contributed by atoms with Crippen molar-refractivity contribution >= 4 is 27.4 Å². The molecule has 1 heterocycles. The lowest BCUT2D eigenvalue weighted by molar-refractivity contribution is 0.898. The van der Waals surface area contributed by atoms with Crippen LogP contribution in [0.15, 0.2) is 41.0 Å². The summed E-state index contributed by atoms with van der Waals surface area (Å²) in [6, 6.07) is 10.2. The molecular formula is C14H16BrN3. The highest BCUT2D eigenvalue weighted by Crippen LogP contribution is 2.22. The Morgan fingerprint density at radius 3 is 2.78 bits per heavy atom. The fourth-order valence-electron chi connectivity index (χ4n) is 1.89. The molecule has 0 aliphatic heterocycles. The quantitative estimate of drug-likeness (QED) is 0.945. The van der Waals surface area contributed by atoms with Crippen molar-refractivity contribution in [2.45, 2.75) is 13.5 Å². The van der Waals surface area contributed by atoms with Crippen LogP contribution in [0.25, 0.3) is 0 Å². The van der Waals surface area contributed by atoms with Crippen molar-refractivity contribution in [1.82, 2.24) is 4.98 Å². The van der Waals surface area contributed by atoms with Crippen LogP contribution in [0, 0.1) is 6.92 Å². The van der Waals surface area contributed by atoms with Crippen molar-refractivity contribution in [2.24, 2.45) is 0 Å². The third-order valence-electron chi connectivity index (χ3n) is 2.70. The fourth-order valence-corrected chi connectivity index (χ4v) is 2.33. The van der Waals surface area contributed by atoms with E-state index < -0.39 is 0 Å². The Hall–Kier alpha value is -1.55. The standard InChI is InChI=1S/C14H16BrN3/c1-10-6-13(16)14(17-8-10)18(2)9-11-4-3-5-12(15)7-11/h3-8H,9,16H2,1-2H3. The van der Waals surface area contributed by atoms with Crippen molar-refractivity contribution in [3.05, 3.63) is 52.1 Å². The van der Waals surface area contributed by atoms with Gasteiger partial charge in [0, 0.05) is 24.3 Å². The zero-order valence-corrected chi connectivity index (χ0v) is 12.1. The lowest BCUT2D eigenvalue weighted by Crippen LogP contribution is -2.19. The van der Waals surface area contributed by atoms with Crippen LogP contribution in [0.5, 0.6) is 0 Å². The van der Waals surface area contributed by atoms with Crippen LogP contribution in [-0.4, -0.2) is 12.0 Å². The lowest BCUT2D eigenvalue weighted by atomic mass is 10.2. The Balaban J connectivity index is 2.19. The molecule has 0 radical (unpaired) electrons. The highest BCUT2D eigenvalue weighted by atomic mass is 79.9. The molecule has 2 rings (SSSR count). The molecule has 0 fully saturated rings. The minimum Gasteiger partial charge on any atom is -0.396 e. The Kier molecular flexibility index (Phi) is 3.87. The first-order valence-corrected chi connectivity index (χ1v) is 6.53. The molecule has 1 aromatic heterocycles. The summed E-state index contributed by atoms with van der Waals surface area (Å²) >= 11 is 3.47. The summed E-state index contributed by atoms with van der Waals surface area (Å²) in [6.45, 7) is 2.77. The molecule has 0 unspecified atom stereocenters. The largest absolute Gasteiger partial charge is 0.396 e. The molecule has 18 heavy (non-hydrogen) atoms. The number of nitrogens with two attached hydrogens (primary N) is 1. The minimum atomic E-state index is 0.715. The molecule has 2 N–H and O–H groups in total. The van der Waals surface area contributed by atoms with Crippen LogP contribution in [0.3, 0.4) is 0 Å². The summed E-state index contributed by atoms with van der Waals surface area (Å²) in [5.74, 6) is 0.820. The van der Waals surface area contributed by atoms with Gasteiger partial charge in [0.05, 0.1) is 5.69 Å². The van der Waals surface area contributed by atoms with Gasteiger partial charge in [-0.05, 0) is 36.2 Å². The highest BCUT2D eigenvalue weighted by molar-refractivity contribution is 9.10. The van der Waals surface area contributed by atoms with Crippen LogP contribution < -0.4 is 10.6 Å². The average Bonchev–Trinajstić information content (AvgIpc) is 2.28. The van der Waals surface area contributed by atoms with Gasteiger partial charge in [0.25, 0.3) is 0 Å². The number of nitrogen functional groups attached to an aromatic ring is 1. The van der Waals surface area contributed by atoms with Gasteiger partial charge in [0.2, 0.25) is 0 Å². The first kappa shape index (κ1) is 12.9. The molecule has 1 aromatic carbocycles. The van der Waals surface area contributed by atoms with E-state index in [1.807, 2.05) is 38.4 Å². The molecule has 2 aromatic rings. The number of aryl methyl sites for hydroxylation is 1. The summed E-state index contributed by atoms with van der Waals surface area (Å²) in [5, 5.41) is 0. The van der Waals surface area contributed by atoms with Crippen LogP contribution in [0.2, 0.25) is 0 Å². The molecule has 0 aliphatic rings. The lowest BCUT2D eigenvalue weighted by Gasteiger charge is -2.20. The third kappa shape index (κ3) is 3.01. The molecule has 0 spiro atoms. The number of hydrogen-bond donors (Lipinski definition) is 1. The van der Waals surface area contributed by atoms with Gasteiger partial charge in [0.15, 0.2) is 5.82 Å². The zero-order chi connectivity index (χ0) is 13.1. The molecule has 0 amide bonds. The van der Waals surface area contributed by atoms with Crippen molar-refractivity contribution < 1.29 is 0 Å². The van der Waals surface area contributed by atoms with Crippen LogP contribution in [0.4, 0.5) is 11.5 Å². The Bertz CT molecular complexity index is 554. The predicted molar refractivity (Wildman–Crippen MR) is 79.6 cm³/mol. The van der Waals surface area contributed by atoms with Crippen LogP contribution in [0.1, 0.15) is 11.1 Å². The van der Waals surface area contributed by atoms with Gasteiger partial charge in [-0.3, -0.25) is 0 Å². The Labute approximate surface area is 116 Å². The van der Waals surface area contributed by atoms with E-state index in [4.69, 9.17) is 5.73 Å². The number of aromatic nitrogens is 1. The monoisotopic (exact) mass is 305 g/mol. The first-order chi connectivity index (χ1) is 8.56. The van der Waals surface area contributed by atoms with E-state index in [-0.39, 0.29) is 0 Å². The number of nitrogens with zero attached hydrogens (tertiary/aromatic N) is 2. The van der Waals surface area contributed by atoms with E-state index in [1.54, 1.807) is 0 Å². The maximum absolute atomic E-state index is 5.99. The Morgan fingerprint density at radius 1 is 1.33 bits per heavy atom. The second-order valence-electron chi connectivity index (χ2n) is 4.41. The number of halogens is 1. The van der Waals surface area contributed by atoms with Gasteiger partial charge in [0.1, 0.15) is 0 Å². The van der Waals surface area contributed by atoms with Crippen molar-refractivity contribution in [1.29, 1.82) is 0 Å². The van der Waals surface area contributed by atoms with E-state index in [0.717, 1.165) is 22.4 Å². The fraction of sp³-hybridized carbons (Fsp3) is 0.214. The number of hydrogen-bond acceptors (Lipinski definition) is 3. The smallest absolute Gasteiger partial charge is 0.151 e. The van der Waals surface area contributed by atoms with E-state index in [1.165, 1.54) is 5.56 Å². The third-order valence-corrected chi connectivity index (χ3v) is 3.20. The topological polar surface area (TPSA) is 42.2 Å². The summed E-state index contributed by atoms with van der Waals surface area (Å²) in [6.07, 6.45) is 1.84. The maximum Gasteiger partial charge on any atom is 0.151 e. The van der Waals surface area contributed by atoms with Gasteiger partial charge in [-0.25, -0.2) is 4.98 Å². The van der Waals surface area contributed by atoms with Crippen LogP contribution in [-0.2, 0) is 6.54 Å². The Morgan fingerprint density at radius 2 is 2.11 bits per heavy atom. The second-order valence-corrected chi connectivity index (χ2v) is 5.33. The molecule has 94 valence electrons. The summed E-state index contributed by atoms with van der Waals surface area (Å²) < 4.78 is 1.08. The molecular weight excluding hydrogens is 290 g/mol.